The van der Waals surface area contributed by atoms with Crippen LogP contribution < -0.4 is 5.32 Å². The van der Waals surface area contributed by atoms with Crippen LogP contribution in [0.15, 0.2) is 39.2 Å². The van der Waals surface area contributed by atoms with Crippen molar-refractivity contribution in [2.24, 2.45) is 0 Å². The second-order valence-corrected chi connectivity index (χ2v) is 11.9. The molecule has 0 spiro atoms. The van der Waals surface area contributed by atoms with Gasteiger partial charge in [0.1, 0.15) is 4.21 Å². The maximum Gasteiger partial charge on any atom is 0.252 e. The molecule has 170 valence electrons. The third kappa shape index (κ3) is 4.94. The molecule has 7 nitrogen and oxygen atoms in total. The molecule has 4 rings (SSSR count). The van der Waals surface area contributed by atoms with Crippen LogP contribution in [0.25, 0.3) is 11.3 Å². The van der Waals surface area contributed by atoms with Gasteiger partial charge < -0.3 is 5.32 Å². The van der Waals surface area contributed by atoms with Crippen molar-refractivity contribution in [3.05, 3.63) is 51.7 Å². The number of anilines is 1. The Bertz CT molecular complexity index is 1190. The Morgan fingerprint density at radius 2 is 1.78 bits per heavy atom. The van der Waals surface area contributed by atoms with E-state index in [1.807, 2.05) is 10.3 Å². The number of rotatable bonds is 6. The van der Waals surface area contributed by atoms with E-state index in [4.69, 9.17) is 0 Å². The van der Waals surface area contributed by atoms with Crippen molar-refractivity contribution in [2.75, 3.05) is 38.0 Å². The van der Waals surface area contributed by atoms with Gasteiger partial charge in [-0.2, -0.15) is 4.31 Å². The summed E-state index contributed by atoms with van der Waals surface area (Å²) in [6.07, 6.45) is 0. The zero-order valence-electron chi connectivity index (χ0n) is 18.3. The van der Waals surface area contributed by atoms with E-state index in [1.54, 1.807) is 17.5 Å². The monoisotopic (exact) mass is 490 g/mol. The zero-order chi connectivity index (χ0) is 22.9. The number of nitrogens with one attached hydrogen (secondary N) is 1. The lowest BCUT2D eigenvalue weighted by Crippen LogP contribution is -2.50. The number of amides is 1. The summed E-state index contributed by atoms with van der Waals surface area (Å²) in [6, 6.07) is 7.64. The van der Waals surface area contributed by atoms with Gasteiger partial charge in [-0.1, -0.05) is 23.8 Å². The smallest absolute Gasteiger partial charge is 0.252 e. The zero-order valence-corrected chi connectivity index (χ0v) is 20.7. The highest BCUT2D eigenvalue weighted by Gasteiger charge is 2.29. The van der Waals surface area contributed by atoms with Crippen LogP contribution in [0.2, 0.25) is 0 Å². The van der Waals surface area contributed by atoms with Gasteiger partial charge in [0, 0.05) is 37.1 Å². The Kier molecular flexibility index (Phi) is 6.78. The Balaban J connectivity index is 1.33. The van der Waals surface area contributed by atoms with Crippen molar-refractivity contribution in [1.82, 2.24) is 14.2 Å². The van der Waals surface area contributed by atoms with Gasteiger partial charge in [-0.3, -0.25) is 9.69 Å². The van der Waals surface area contributed by atoms with Gasteiger partial charge in [-0.05, 0) is 43.3 Å². The van der Waals surface area contributed by atoms with Crippen molar-refractivity contribution >= 4 is 43.7 Å². The molecule has 0 saturated carbocycles. The van der Waals surface area contributed by atoms with Crippen molar-refractivity contribution in [3.63, 3.8) is 0 Å². The minimum atomic E-state index is -3.44. The summed E-state index contributed by atoms with van der Waals surface area (Å²) in [5, 5.41) is 7.19. The van der Waals surface area contributed by atoms with Gasteiger partial charge in [0.25, 0.3) is 10.0 Å². The third-order valence-electron chi connectivity index (χ3n) is 5.47. The predicted molar refractivity (Wildman–Crippen MR) is 130 cm³/mol. The predicted octanol–water partition coefficient (Wildman–Crippen LogP) is 3.74. The maximum atomic E-state index is 12.6. The minimum Gasteiger partial charge on any atom is -0.301 e. The topological polar surface area (TPSA) is 82.6 Å². The van der Waals surface area contributed by atoms with Crippen LogP contribution in [-0.2, 0) is 14.8 Å². The number of thiophene rings is 1. The van der Waals surface area contributed by atoms with Gasteiger partial charge in [0.05, 0.1) is 12.2 Å². The number of carbonyl (C=O) groups is 1. The van der Waals surface area contributed by atoms with Crippen LogP contribution in [0.4, 0.5) is 5.13 Å². The average molecular weight is 491 g/mol. The molecule has 0 unspecified atom stereocenters. The number of benzene rings is 1. The standard InChI is InChI=1S/C22H26N4O3S3/c1-15-11-16(2)21(17(3)12-15)18-14-31-22(23-18)24-19(27)13-25-6-8-26(9-7-25)32(28,29)20-5-4-10-30-20/h4-5,10-12,14H,6-9,13H2,1-3H3,(H,23,24,27). The molecule has 3 heterocycles. The number of hydrogen-bond donors (Lipinski definition) is 1. The van der Waals surface area contributed by atoms with Crippen molar-refractivity contribution < 1.29 is 13.2 Å². The third-order valence-corrected chi connectivity index (χ3v) is 9.50. The molecule has 32 heavy (non-hydrogen) atoms. The fourth-order valence-electron chi connectivity index (χ4n) is 4.06. The maximum absolute atomic E-state index is 12.6. The summed E-state index contributed by atoms with van der Waals surface area (Å²) in [5.41, 5.74) is 5.53. The number of nitrogens with zero attached hydrogens (tertiary/aromatic N) is 3. The van der Waals surface area contributed by atoms with Crippen molar-refractivity contribution in [1.29, 1.82) is 0 Å². The summed E-state index contributed by atoms with van der Waals surface area (Å²) in [4.78, 5) is 19.1. The lowest BCUT2D eigenvalue weighted by molar-refractivity contribution is -0.117. The van der Waals surface area contributed by atoms with Crippen molar-refractivity contribution in [2.45, 2.75) is 25.0 Å². The van der Waals surface area contributed by atoms with Crippen LogP contribution in [0.1, 0.15) is 16.7 Å². The first-order chi connectivity index (χ1) is 15.2. The highest BCUT2D eigenvalue weighted by molar-refractivity contribution is 7.91. The van der Waals surface area contributed by atoms with Crippen molar-refractivity contribution in [3.8, 4) is 11.3 Å². The molecule has 1 aliphatic heterocycles. The first-order valence-corrected chi connectivity index (χ1v) is 13.5. The van der Waals surface area contributed by atoms with E-state index in [0.717, 1.165) is 11.3 Å². The summed E-state index contributed by atoms with van der Waals surface area (Å²) in [5.74, 6) is -0.141. The first-order valence-electron chi connectivity index (χ1n) is 10.3. The Labute approximate surface area is 196 Å². The highest BCUT2D eigenvalue weighted by atomic mass is 32.2. The second-order valence-electron chi connectivity index (χ2n) is 7.97. The van der Waals surface area contributed by atoms with Crippen LogP contribution in [0, 0.1) is 20.8 Å². The van der Waals surface area contributed by atoms with Gasteiger partial charge in [0.2, 0.25) is 5.91 Å². The number of aromatic nitrogens is 1. The molecule has 1 saturated heterocycles. The largest absolute Gasteiger partial charge is 0.301 e. The molecule has 2 aromatic heterocycles. The van der Waals surface area contributed by atoms with E-state index in [1.165, 1.54) is 43.7 Å². The number of thiazole rings is 1. The van der Waals surface area contributed by atoms with E-state index < -0.39 is 10.0 Å². The van der Waals surface area contributed by atoms with Gasteiger partial charge in [-0.15, -0.1) is 22.7 Å². The molecule has 0 atom stereocenters. The molecule has 1 amide bonds. The Morgan fingerprint density at radius 1 is 1.09 bits per heavy atom. The van der Waals surface area contributed by atoms with E-state index in [2.05, 4.69) is 43.2 Å². The molecule has 0 bridgehead atoms. The second kappa shape index (κ2) is 9.40. The quantitative estimate of drug-likeness (QED) is 0.569. The molecular weight excluding hydrogens is 464 g/mol. The number of hydrogen-bond acceptors (Lipinski definition) is 7. The lowest BCUT2D eigenvalue weighted by Gasteiger charge is -2.33. The molecule has 1 aliphatic rings. The summed E-state index contributed by atoms with van der Waals surface area (Å²) in [7, 11) is -3.44. The van der Waals surface area contributed by atoms with Gasteiger partial charge in [0.15, 0.2) is 5.13 Å². The van der Waals surface area contributed by atoms with Crippen LogP contribution in [-0.4, -0.2) is 61.2 Å². The molecule has 3 aromatic rings. The van der Waals surface area contributed by atoms with Crippen LogP contribution in [0.5, 0.6) is 0 Å². The molecule has 1 aromatic carbocycles. The normalized spacial score (nSPS) is 15.7. The van der Waals surface area contributed by atoms with E-state index in [0.29, 0.717) is 35.5 Å². The van der Waals surface area contributed by atoms with Crippen LogP contribution >= 0.6 is 22.7 Å². The number of piperazine rings is 1. The molecular formula is C22H26N4O3S3. The first kappa shape index (κ1) is 23.1. The highest BCUT2D eigenvalue weighted by Crippen LogP contribution is 2.31. The van der Waals surface area contributed by atoms with E-state index in [-0.39, 0.29) is 12.5 Å². The molecule has 0 radical (unpaired) electrons. The minimum absolute atomic E-state index is 0.141. The van der Waals surface area contributed by atoms with Crippen LogP contribution in [0.3, 0.4) is 0 Å². The number of aryl methyl sites for hydroxylation is 3. The average Bonchev–Trinajstić information content (AvgIpc) is 3.40. The molecule has 1 fully saturated rings. The van der Waals surface area contributed by atoms with Gasteiger partial charge >= 0.3 is 0 Å². The fourth-order valence-corrected chi connectivity index (χ4v) is 7.34. The molecule has 10 heteroatoms. The lowest BCUT2D eigenvalue weighted by atomic mass is 9.98. The summed E-state index contributed by atoms with van der Waals surface area (Å²) in [6.45, 7) is 8.22. The van der Waals surface area contributed by atoms with E-state index >= 15 is 0 Å². The summed E-state index contributed by atoms with van der Waals surface area (Å²) >= 11 is 2.64. The number of sulfonamides is 1. The SMILES string of the molecule is Cc1cc(C)c(-c2csc(NC(=O)CN3CCN(S(=O)(=O)c4cccs4)CC3)n2)c(C)c1. The van der Waals surface area contributed by atoms with E-state index in [9.17, 15) is 13.2 Å². The Morgan fingerprint density at radius 3 is 2.41 bits per heavy atom. The van der Waals surface area contributed by atoms with Gasteiger partial charge in [-0.25, -0.2) is 13.4 Å². The number of carbonyl (C=O) groups excluding carboxylic acids is 1. The fraction of sp³-hybridized carbons (Fsp3) is 0.364. The molecule has 0 aliphatic carbocycles. The molecule has 1 N–H and O–H groups in total. The Hall–Kier alpha value is -2.11. The summed E-state index contributed by atoms with van der Waals surface area (Å²) < 4.78 is 27.1.